The number of aliphatic hydroxyl groups excluding tert-OH is 2. The molecule has 4 aliphatic rings. The van der Waals surface area contributed by atoms with Crippen LogP contribution in [0.5, 0.6) is 5.75 Å². The van der Waals surface area contributed by atoms with Crippen LogP contribution >= 0.6 is 22.6 Å². The van der Waals surface area contributed by atoms with Gasteiger partial charge in [-0.25, -0.2) is 0 Å². The average molecular weight is 625 g/mol. The summed E-state index contributed by atoms with van der Waals surface area (Å²) in [5.74, 6) is 2.08. The van der Waals surface area contributed by atoms with E-state index in [2.05, 4.69) is 41.8 Å². The Labute approximate surface area is 234 Å². The van der Waals surface area contributed by atoms with Gasteiger partial charge in [0.2, 0.25) is 11.8 Å². The molecule has 2 amide bonds. The molecule has 1 aromatic rings. The molecule has 8 heteroatoms. The van der Waals surface area contributed by atoms with E-state index in [-0.39, 0.29) is 31.4 Å². The van der Waals surface area contributed by atoms with E-state index in [0.29, 0.717) is 41.5 Å². The number of nitrogens with one attached hydrogen (secondary N) is 1. The summed E-state index contributed by atoms with van der Waals surface area (Å²) in [7, 11) is 0. The van der Waals surface area contributed by atoms with Gasteiger partial charge in [-0.05, 0) is 89.7 Å². The Balaban J connectivity index is 1.63. The van der Waals surface area contributed by atoms with Crippen molar-refractivity contribution in [3.63, 3.8) is 0 Å². The highest BCUT2D eigenvalue weighted by atomic mass is 127. The van der Waals surface area contributed by atoms with Gasteiger partial charge in [0.15, 0.2) is 0 Å². The standard InChI is InChI=1S/C29H41IN2O5/c1-4-7-26(34)32(17-18-10-11-20-16-21(18)29(20,2)3)23-14-19(28(36)31-12-13-33)15-25(27(23)35)37-24-9-6-5-8-22(24)30/h5-6,8-9,15,18,20-21,23,25,27,33,35H,4,7,10-14,16-17H2,1-3H3,(H,31,36)/t18-,20-,21-,23+,25-,27-/m0/s1. The highest BCUT2D eigenvalue weighted by Crippen LogP contribution is 2.61. The predicted molar refractivity (Wildman–Crippen MR) is 151 cm³/mol. The first kappa shape index (κ1) is 28.4. The Kier molecular flexibility index (Phi) is 9.22. The Morgan fingerprint density at radius 2 is 2.00 bits per heavy atom. The summed E-state index contributed by atoms with van der Waals surface area (Å²) < 4.78 is 7.15. The molecular weight excluding hydrogens is 583 g/mol. The van der Waals surface area contributed by atoms with Crippen molar-refractivity contribution in [1.82, 2.24) is 10.2 Å². The van der Waals surface area contributed by atoms with E-state index in [1.54, 1.807) is 6.08 Å². The number of ether oxygens (including phenoxy) is 1. The van der Waals surface area contributed by atoms with Gasteiger partial charge in [0.1, 0.15) is 18.0 Å². The van der Waals surface area contributed by atoms with Crippen LogP contribution in [0.4, 0.5) is 0 Å². The van der Waals surface area contributed by atoms with E-state index < -0.39 is 18.2 Å². The third-order valence-corrected chi connectivity index (χ3v) is 9.82. The molecule has 0 aromatic heterocycles. The molecular formula is C29H41IN2O5. The maximum atomic E-state index is 13.5. The maximum Gasteiger partial charge on any atom is 0.247 e. The van der Waals surface area contributed by atoms with E-state index in [0.717, 1.165) is 22.3 Å². The average Bonchev–Trinajstić information content (AvgIpc) is 2.88. The van der Waals surface area contributed by atoms with Crippen LogP contribution in [0.15, 0.2) is 35.9 Å². The largest absolute Gasteiger partial charge is 0.482 e. The minimum Gasteiger partial charge on any atom is -0.482 e. The van der Waals surface area contributed by atoms with Gasteiger partial charge in [-0.15, -0.1) is 0 Å². The molecule has 6 atom stereocenters. The fraction of sp³-hybridized carbons (Fsp3) is 0.655. The summed E-state index contributed by atoms with van der Waals surface area (Å²) in [5, 5.41) is 23.6. The van der Waals surface area contributed by atoms with Gasteiger partial charge in [0, 0.05) is 31.5 Å². The molecule has 3 N–H and O–H groups in total. The van der Waals surface area contributed by atoms with E-state index >= 15 is 0 Å². The molecule has 204 valence electrons. The zero-order chi connectivity index (χ0) is 26.7. The van der Waals surface area contributed by atoms with Crippen LogP contribution in [0.3, 0.4) is 0 Å². The summed E-state index contributed by atoms with van der Waals surface area (Å²) in [6.45, 7) is 7.28. The summed E-state index contributed by atoms with van der Waals surface area (Å²) >= 11 is 2.19. The molecule has 0 radical (unpaired) electrons. The molecule has 0 unspecified atom stereocenters. The number of rotatable bonds is 10. The molecule has 3 fully saturated rings. The van der Waals surface area contributed by atoms with Crippen molar-refractivity contribution in [3.8, 4) is 5.75 Å². The number of hydrogen-bond donors (Lipinski definition) is 3. The highest BCUT2D eigenvalue weighted by molar-refractivity contribution is 14.1. The molecule has 0 heterocycles. The second kappa shape index (κ2) is 12.0. The molecule has 2 bridgehead atoms. The normalized spacial score (nSPS) is 30.1. The third kappa shape index (κ3) is 6.01. The molecule has 37 heavy (non-hydrogen) atoms. The lowest BCUT2D eigenvalue weighted by atomic mass is 9.45. The van der Waals surface area contributed by atoms with Gasteiger partial charge in [-0.3, -0.25) is 9.59 Å². The Morgan fingerprint density at radius 1 is 1.24 bits per heavy atom. The van der Waals surface area contributed by atoms with Crippen molar-refractivity contribution in [2.75, 3.05) is 19.7 Å². The highest BCUT2D eigenvalue weighted by Gasteiger charge is 2.55. The SMILES string of the molecule is CCCC(=O)N(C[C@@H]1CC[C@H]2C[C@@H]1C2(C)C)[C@@H]1CC(C(=O)NCCO)=C[C@H](Oc2ccccc2I)[C@H]1O. The second-order valence-corrected chi connectivity index (χ2v) is 12.6. The van der Waals surface area contributed by atoms with Crippen molar-refractivity contribution < 1.29 is 24.5 Å². The number of amides is 2. The first-order chi connectivity index (χ1) is 17.7. The lowest BCUT2D eigenvalue weighted by molar-refractivity contribution is -0.148. The predicted octanol–water partition coefficient (Wildman–Crippen LogP) is 3.91. The Bertz CT molecular complexity index is 1010. The molecule has 7 nitrogen and oxygen atoms in total. The number of hydrogen-bond acceptors (Lipinski definition) is 5. The van der Waals surface area contributed by atoms with Gasteiger partial charge in [0.05, 0.1) is 16.2 Å². The molecule has 0 aliphatic heterocycles. The van der Waals surface area contributed by atoms with Gasteiger partial charge in [-0.1, -0.05) is 32.9 Å². The van der Waals surface area contributed by atoms with Gasteiger partial charge < -0.3 is 25.2 Å². The van der Waals surface area contributed by atoms with Gasteiger partial charge >= 0.3 is 0 Å². The van der Waals surface area contributed by atoms with Crippen LogP contribution in [0, 0.1) is 26.7 Å². The molecule has 0 saturated heterocycles. The summed E-state index contributed by atoms with van der Waals surface area (Å²) in [4.78, 5) is 28.4. The van der Waals surface area contributed by atoms with Crippen LogP contribution in [0.1, 0.15) is 59.3 Å². The summed E-state index contributed by atoms with van der Waals surface area (Å²) in [5.41, 5.74) is 0.764. The van der Waals surface area contributed by atoms with E-state index in [1.807, 2.05) is 36.1 Å². The number of carbonyl (C=O) groups is 2. The number of fused-ring (bicyclic) bond motifs is 2. The number of aliphatic hydroxyl groups is 2. The van der Waals surface area contributed by atoms with Crippen LogP contribution in [-0.4, -0.2) is 64.9 Å². The number of halogens is 1. The second-order valence-electron chi connectivity index (χ2n) is 11.4. The monoisotopic (exact) mass is 624 g/mol. The van der Waals surface area contributed by atoms with Gasteiger partial charge in [-0.2, -0.15) is 0 Å². The topological polar surface area (TPSA) is 99.1 Å². The van der Waals surface area contributed by atoms with E-state index in [9.17, 15) is 19.8 Å². The fourth-order valence-corrected chi connectivity index (χ4v) is 7.19. The number of carbonyl (C=O) groups excluding carboxylic acids is 2. The van der Waals surface area contributed by atoms with Crippen molar-refractivity contribution >= 4 is 34.4 Å². The molecule has 4 aliphatic carbocycles. The first-order valence-corrected chi connectivity index (χ1v) is 14.7. The van der Waals surface area contributed by atoms with E-state index in [4.69, 9.17) is 4.74 Å². The molecule has 1 aromatic carbocycles. The zero-order valence-corrected chi connectivity index (χ0v) is 24.3. The van der Waals surface area contributed by atoms with Crippen molar-refractivity contribution in [2.24, 2.45) is 23.2 Å². The van der Waals surface area contributed by atoms with Crippen LogP contribution in [0.25, 0.3) is 0 Å². The lowest BCUT2D eigenvalue weighted by Crippen LogP contribution is -2.59. The van der Waals surface area contributed by atoms with Crippen molar-refractivity contribution in [1.29, 1.82) is 0 Å². The Hall–Kier alpha value is -1.65. The maximum absolute atomic E-state index is 13.5. The molecule has 3 saturated carbocycles. The van der Waals surface area contributed by atoms with Crippen LogP contribution < -0.4 is 10.1 Å². The van der Waals surface area contributed by atoms with Gasteiger partial charge in [0.25, 0.3) is 0 Å². The quantitative estimate of drug-likeness (QED) is 0.343. The van der Waals surface area contributed by atoms with Crippen molar-refractivity contribution in [3.05, 3.63) is 39.5 Å². The minimum absolute atomic E-state index is 0.0239. The lowest BCUT2D eigenvalue weighted by Gasteiger charge is -2.61. The number of para-hydroxylation sites is 1. The number of benzene rings is 1. The first-order valence-electron chi connectivity index (χ1n) is 13.7. The summed E-state index contributed by atoms with van der Waals surface area (Å²) in [6.07, 6.45) is 4.81. The fourth-order valence-electron chi connectivity index (χ4n) is 6.68. The van der Waals surface area contributed by atoms with Crippen LogP contribution in [0.2, 0.25) is 0 Å². The van der Waals surface area contributed by atoms with Crippen LogP contribution in [-0.2, 0) is 9.59 Å². The zero-order valence-electron chi connectivity index (χ0n) is 22.2. The molecule has 5 rings (SSSR count). The van der Waals surface area contributed by atoms with E-state index in [1.165, 1.54) is 12.8 Å². The third-order valence-electron chi connectivity index (χ3n) is 8.93. The molecule has 0 spiro atoms. The smallest absolute Gasteiger partial charge is 0.247 e. The summed E-state index contributed by atoms with van der Waals surface area (Å²) in [6, 6.07) is 6.99. The van der Waals surface area contributed by atoms with Crippen molar-refractivity contribution in [2.45, 2.75) is 77.5 Å². The Morgan fingerprint density at radius 3 is 2.65 bits per heavy atom. The minimum atomic E-state index is -0.975. The number of nitrogens with zero attached hydrogens (tertiary/aromatic N) is 1.